The molecule has 0 bridgehead atoms. The Hall–Kier alpha value is -1.83. The van der Waals surface area contributed by atoms with E-state index in [0.717, 1.165) is 12.0 Å². The average Bonchev–Trinajstić information content (AvgIpc) is 2.45. The average molecular weight is 289 g/mol. The lowest BCUT2D eigenvalue weighted by atomic mass is 9.98. The number of hydrogen-bond donors (Lipinski definition) is 3. The second-order valence-electron chi connectivity index (χ2n) is 5.47. The third-order valence-corrected chi connectivity index (χ3v) is 3.40. The number of benzene rings is 1. The molecule has 0 aliphatic heterocycles. The van der Waals surface area contributed by atoms with Crippen molar-refractivity contribution >= 4 is 5.97 Å². The molecule has 0 aliphatic rings. The standard InChI is InChI=1S/C17H23NO3/c1-4-13(2)15(16(19)20)18-12-17(3,21)11-10-14-8-6-5-7-9-14/h5-9,13,15,18,21H,4,12H2,1-3H3,(H,19,20)/t13-,15+,17+/m0/s1. The minimum atomic E-state index is -1.28. The molecule has 4 nitrogen and oxygen atoms in total. The van der Waals surface area contributed by atoms with Gasteiger partial charge in [-0.3, -0.25) is 4.79 Å². The molecule has 0 saturated heterocycles. The van der Waals surface area contributed by atoms with Crippen molar-refractivity contribution in [2.24, 2.45) is 5.92 Å². The summed E-state index contributed by atoms with van der Waals surface area (Å²) in [6.07, 6.45) is 0.752. The minimum absolute atomic E-state index is 0.0135. The molecule has 1 aromatic rings. The van der Waals surface area contributed by atoms with E-state index >= 15 is 0 Å². The summed E-state index contributed by atoms with van der Waals surface area (Å²) in [5.41, 5.74) is -0.466. The molecule has 1 aromatic carbocycles. The number of carboxylic acid groups (broad SMARTS) is 1. The van der Waals surface area contributed by atoms with Crippen molar-refractivity contribution in [1.82, 2.24) is 5.32 Å². The second-order valence-corrected chi connectivity index (χ2v) is 5.47. The Morgan fingerprint density at radius 3 is 2.52 bits per heavy atom. The van der Waals surface area contributed by atoms with Crippen LogP contribution in [0.4, 0.5) is 0 Å². The fraction of sp³-hybridized carbons (Fsp3) is 0.471. The highest BCUT2D eigenvalue weighted by Crippen LogP contribution is 2.09. The highest BCUT2D eigenvalue weighted by Gasteiger charge is 2.26. The summed E-state index contributed by atoms with van der Waals surface area (Å²) >= 11 is 0. The van der Waals surface area contributed by atoms with E-state index in [1.165, 1.54) is 0 Å². The molecule has 0 saturated carbocycles. The van der Waals surface area contributed by atoms with Crippen LogP contribution < -0.4 is 5.32 Å². The van der Waals surface area contributed by atoms with Crippen LogP contribution in [-0.4, -0.2) is 34.4 Å². The van der Waals surface area contributed by atoms with Gasteiger partial charge in [-0.2, -0.15) is 0 Å². The summed E-state index contributed by atoms with van der Waals surface area (Å²) in [5, 5.41) is 22.3. The predicted molar refractivity (Wildman–Crippen MR) is 82.8 cm³/mol. The van der Waals surface area contributed by atoms with E-state index in [2.05, 4.69) is 17.2 Å². The van der Waals surface area contributed by atoms with E-state index in [4.69, 9.17) is 0 Å². The minimum Gasteiger partial charge on any atom is -0.480 e. The summed E-state index contributed by atoms with van der Waals surface area (Å²) in [7, 11) is 0. The molecule has 114 valence electrons. The Morgan fingerprint density at radius 1 is 1.38 bits per heavy atom. The van der Waals surface area contributed by atoms with Crippen molar-refractivity contribution < 1.29 is 15.0 Å². The van der Waals surface area contributed by atoms with Crippen LogP contribution in [0.3, 0.4) is 0 Å². The number of aliphatic carboxylic acids is 1. The third kappa shape index (κ3) is 5.99. The zero-order chi connectivity index (χ0) is 15.9. The van der Waals surface area contributed by atoms with Gasteiger partial charge in [-0.1, -0.05) is 50.3 Å². The van der Waals surface area contributed by atoms with Crippen LogP contribution in [0.25, 0.3) is 0 Å². The van der Waals surface area contributed by atoms with E-state index < -0.39 is 17.6 Å². The molecule has 0 aliphatic carbocycles. The Morgan fingerprint density at radius 2 is 2.00 bits per heavy atom. The Kier molecular flexibility index (Phi) is 6.41. The normalized spacial score (nSPS) is 16.2. The van der Waals surface area contributed by atoms with Gasteiger partial charge in [0.15, 0.2) is 0 Å². The first-order chi connectivity index (χ1) is 9.85. The van der Waals surface area contributed by atoms with Gasteiger partial charge in [0.25, 0.3) is 0 Å². The van der Waals surface area contributed by atoms with Gasteiger partial charge >= 0.3 is 5.97 Å². The summed E-state index contributed by atoms with van der Waals surface area (Å²) in [5.74, 6) is 4.75. The van der Waals surface area contributed by atoms with Crippen molar-refractivity contribution in [2.75, 3.05) is 6.54 Å². The maximum atomic E-state index is 11.2. The van der Waals surface area contributed by atoms with Gasteiger partial charge in [-0.15, -0.1) is 0 Å². The van der Waals surface area contributed by atoms with Crippen molar-refractivity contribution in [2.45, 2.75) is 38.8 Å². The van der Waals surface area contributed by atoms with Gasteiger partial charge < -0.3 is 15.5 Å². The lowest BCUT2D eigenvalue weighted by Crippen LogP contribution is -2.48. The van der Waals surface area contributed by atoms with Gasteiger partial charge in [-0.25, -0.2) is 0 Å². The summed E-state index contributed by atoms with van der Waals surface area (Å²) in [4.78, 5) is 11.2. The van der Waals surface area contributed by atoms with E-state index in [-0.39, 0.29) is 12.5 Å². The van der Waals surface area contributed by atoms with E-state index in [0.29, 0.717) is 0 Å². The first-order valence-electron chi connectivity index (χ1n) is 7.12. The second kappa shape index (κ2) is 7.82. The summed E-state index contributed by atoms with van der Waals surface area (Å²) in [6, 6.07) is 8.68. The predicted octanol–water partition coefficient (Wildman–Crippen LogP) is 1.88. The molecular formula is C17H23NO3. The van der Waals surface area contributed by atoms with Crippen LogP contribution >= 0.6 is 0 Å². The zero-order valence-corrected chi connectivity index (χ0v) is 12.8. The van der Waals surface area contributed by atoms with E-state index in [9.17, 15) is 15.0 Å². The molecule has 3 atom stereocenters. The van der Waals surface area contributed by atoms with Crippen LogP contribution in [0, 0.1) is 17.8 Å². The van der Waals surface area contributed by atoms with Crippen LogP contribution in [0.15, 0.2) is 30.3 Å². The maximum absolute atomic E-state index is 11.2. The van der Waals surface area contributed by atoms with Gasteiger partial charge in [0.1, 0.15) is 11.6 Å². The number of aliphatic hydroxyl groups is 1. The van der Waals surface area contributed by atoms with Gasteiger partial charge in [0.2, 0.25) is 0 Å². The Bertz CT molecular complexity index is 514. The van der Waals surface area contributed by atoms with Crippen LogP contribution in [-0.2, 0) is 4.79 Å². The molecule has 4 heteroatoms. The smallest absolute Gasteiger partial charge is 0.320 e. The fourth-order valence-electron chi connectivity index (χ4n) is 1.85. The fourth-order valence-corrected chi connectivity index (χ4v) is 1.85. The van der Waals surface area contributed by atoms with E-state index in [1.807, 2.05) is 44.2 Å². The largest absolute Gasteiger partial charge is 0.480 e. The highest BCUT2D eigenvalue weighted by atomic mass is 16.4. The molecule has 0 radical (unpaired) electrons. The molecule has 3 N–H and O–H groups in total. The monoisotopic (exact) mass is 289 g/mol. The first-order valence-corrected chi connectivity index (χ1v) is 7.12. The molecule has 1 rings (SSSR count). The Balaban J connectivity index is 2.68. The van der Waals surface area contributed by atoms with Gasteiger partial charge in [-0.05, 0) is 25.0 Å². The molecule has 0 spiro atoms. The topological polar surface area (TPSA) is 69.6 Å². The van der Waals surface area contributed by atoms with Crippen molar-refractivity contribution in [3.8, 4) is 11.8 Å². The van der Waals surface area contributed by atoms with Crippen LogP contribution in [0.1, 0.15) is 32.8 Å². The number of carboxylic acids is 1. The van der Waals surface area contributed by atoms with Crippen molar-refractivity contribution in [3.63, 3.8) is 0 Å². The summed E-state index contributed by atoms with van der Waals surface area (Å²) < 4.78 is 0. The summed E-state index contributed by atoms with van der Waals surface area (Å²) in [6.45, 7) is 5.49. The number of nitrogens with one attached hydrogen (secondary N) is 1. The van der Waals surface area contributed by atoms with Gasteiger partial charge in [0, 0.05) is 12.1 Å². The Labute approximate surface area is 126 Å². The molecule has 0 amide bonds. The van der Waals surface area contributed by atoms with Crippen molar-refractivity contribution in [1.29, 1.82) is 0 Å². The molecular weight excluding hydrogens is 266 g/mol. The molecule has 21 heavy (non-hydrogen) atoms. The zero-order valence-electron chi connectivity index (χ0n) is 12.8. The molecule has 0 unspecified atom stereocenters. The van der Waals surface area contributed by atoms with Crippen molar-refractivity contribution in [3.05, 3.63) is 35.9 Å². The first kappa shape index (κ1) is 17.2. The molecule has 0 fully saturated rings. The SMILES string of the molecule is CC[C@H](C)[C@@H](NC[C@](C)(O)C#Cc1ccccc1)C(=O)O. The quantitative estimate of drug-likeness (QED) is 0.699. The number of hydrogen-bond acceptors (Lipinski definition) is 3. The number of rotatable bonds is 6. The lowest BCUT2D eigenvalue weighted by molar-refractivity contribution is -0.141. The van der Waals surface area contributed by atoms with E-state index in [1.54, 1.807) is 6.92 Å². The van der Waals surface area contributed by atoms with Gasteiger partial charge in [0.05, 0.1) is 0 Å². The van der Waals surface area contributed by atoms with Crippen LogP contribution in [0.2, 0.25) is 0 Å². The highest BCUT2D eigenvalue weighted by molar-refractivity contribution is 5.73. The van der Waals surface area contributed by atoms with Crippen LogP contribution in [0.5, 0.6) is 0 Å². The maximum Gasteiger partial charge on any atom is 0.320 e. The lowest BCUT2D eigenvalue weighted by Gasteiger charge is -2.24. The molecule has 0 aromatic heterocycles. The molecule has 0 heterocycles. The third-order valence-electron chi connectivity index (χ3n) is 3.40. The number of carbonyl (C=O) groups is 1.